The number of aromatic hydroxyl groups is 1. The van der Waals surface area contributed by atoms with Gasteiger partial charge in [-0.2, -0.15) is 0 Å². The number of nitrogens with zero attached hydrogens (tertiary/aromatic N) is 5. The van der Waals surface area contributed by atoms with Crippen molar-refractivity contribution in [1.82, 2.24) is 19.4 Å². The zero-order valence-electron chi connectivity index (χ0n) is 16.0. The van der Waals surface area contributed by atoms with Crippen LogP contribution in [0.15, 0.2) is 42.7 Å². The van der Waals surface area contributed by atoms with Crippen LogP contribution in [-0.2, 0) is 6.54 Å². The number of hydrogen-bond donors (Lipinski definition) is 1. The first-order valence-corrected chi connectivity index (χ1v) is 9.73. The van der Waals surface area contributed by atoms with Gasteiger partial charge in [0.15, 0.2) is 0 Å². The molecule has 2 aromatic heterocycles. The van der Waals surface area contributed by atoms with Crippen molar-refractivity contribution in [1.29, 1.82) is 0 Å². The van der Waals surface area contributed by atoms with E-state index in [1.807, 2.05) is 10.8 Å². The standard InChI is InChI=1S/C21H27N5O/c1-3-16(2)26-15-19-18(20(26)27)13-22-21(23-19)25-11-9-24(10-12-25)14-17-7-5-4-6-8-17/h4-8,13,15-16,27H,3,9-12,14H2,1-2H3. The third kappa shape index (κ3) is 3.62. The smallest absolute Gasteiger partial charge is 0.226 e. The Labute approximate surface area is 160 Å². The Bertz CT molecular complexity index is 900. The van der Waals surface area contributed by atoms with Gasteiger partial charge in [0, 0.05) is 51.2 Å². The summed E-state index contributed by atoms with van der Waals surface area (Å²) in [5, 5.41) is 11.2. The van der Waals surface area contributed by atoms with Crippen molar-refractivity contribution in [3.05, 3.63) is 48.3 Å². The number of benzene rings is 1. The van der Waals surface area contributed by atoms with Gasteiger partial charge in [-0.3, -0.25) is 4.90 Å². The Balaban J connectivity index is 1.46. The first-order chi connectivity index (χ1) is 13.2. The topological polar surface area (TPSA) is 57.4 Å². The van der Waals surface area contributed by atoms with E-state index in [0.717, 1.165) is 56.0 Å². The van der Waals surface area contributed by atoms with Crippen LogP contribution in [0.4, 0.5) is 5.95 Å². The predicted molar refractivity (Wildman–Crippen MR) is 108 cm³/mol. The van der Waals surface area contributed by atoms with Gasteiger partial charge in [0.05, 0.1) is 10.9 Å². The summed E-state index contributed by atoms with van der Waals surface area (Å²) in [7, 11) is 0. The maximum Gasteiger partial charge on any atom is 0.226 e. The van der Waals surface area contributed by atoms with Crippen LogP contribution >= 0.6 is 0 Å². The SMILES string of the molecule is CCC(C)n1cc2nc(N3CCN(Cc4ccccc4)CC3)ncc2c1O. The number of anilines is 1. The first kappa shape index (κ1) is 17.8. The first-order valence-electron chi connectivity index (χ1n) is 9.73. The molecule has 4 rings (SSSR count). The molecule has 0 aliphatic carbocycles. The maximum atomic E-state index is 10.4. The second kappa shape index (κ2) is 7.56. The quantitative estimate of drug-likeness (QED) is 0.751. The lowest BCUT2D eigenvalue weighted by Crippen LogP contribution is -2.46. The van der Waals surface area contributed by atoms with Gasteiger partial charge >= 0.3 is 0 Å². The molecule has 142 valence electrons. The average molecular weight is 365 g/mol. The van der Waals surface area contributed by atoms with Gasteiger partial charge in [-0.25, -0.2) is 9.97 Å². The summed E-state index contributed by atoms with van der Waals surface area (Å²) in [5.41, 5.74) is 2.16. The van der Waals surface area contributed by atoms with Crippen molar-refractivity contribution in [3.8, 4) is 5.88 Å². The van der Waals surface area contributed by atoms with E-state index >= 15 is 0 Å². The zero-order valence-corrected chi connectivity index (χ0v) is 16.0. The van der Waals surface area contributed by atoms with Crippen molar-refractivity contribution in [2.45, 2.75) is 32.9 Å². The predicted octanol–water partition coefficient (Wildman–Crippen LogP) is 3.43. The zero-order chi connectivity index (χ0) is 18.8. The number of aromatic nitrogens is 3. The van der Waals surface area contributed by atoms with Gasteiger partial charge in [-0.15, -0.1) is 0 Å². The average Bonchev–Trinajstić information content (AvgIpc) is 3.05. The van der Waals surface area contributed by atoms with Crippen LogP contribution in [0.25, 0.3) is 10.9 Å². The molecule has 1 saturated heterocycles. The minimum absolute atomic E-state index is 0.240. The Morgan fingerprint density at radius 3 is 2.56 bits per heavy atom. The molecule has 0 bridgehead atoms. The molecule has 27 heavy (non-hydrogen) atoms. The molecule has 1 aromatic carbocycles. The summed E-state index contributed by atoms with van der Waals surface area (Å²) in [5.74, 6) is 1.02. The van der Waals surface area contributed by atoms with E-state index in [2.05, 4.69) is 59.0 Å². The van der Waals surface area contributed by atoms with E-state index in [1.54, 1.807) is 6.20 Å². The highest BCUT2D eigenvalue weighted by molar-refractivity contribution is 5.84. The number of hydrogen-bond acceptors (Lipinski definition) is 5. The highest BCUT2D eigenvalue weighted by atomic mass is 16.3. The van der Waals surface area contributed by atoms with Crippen LogP contribution in [0.5, 0.6) is 5.88 Å². The largest absolute Gasteiger partial charge is 0.494 e. The molecule has 6 nitrogen and oxygen atoms in total. The third-order valence-electron chi connectivity index (χ3n) is 5.52. The van der Waals surface area contributed by atoms with E-state index in [1.165, 1.54) is 5.56 Å². The molecule has 1 aliphatic heterocycles. The van der Waals surface area contributed by atoms with Crippen molar-refractivity contribution >= 4 is 16.9 Å². The van der Waals surface area contributed by atoms with Gasteiger partial charge in [0.2, 0.25) is 11.8 Å². The Kier molecular flexibility index (Phi) is 4.99. The van der Waals surface area contributed by atoms with Crippen LogP contribution in [0.2, 0.25) is 0 Å². The van der Waals surface area contributed by atoms with Gasteiger partial charge in [0.1, 0.15) is 0 Å². The molecule has 1 atom stereocenters. The minimum Gasteiger partial charge on any atom is -0.494 e. The molecule has 3 aromatic rings. The summed E-state index contributed by atoms with van der Waals surface area (Å²) in [6, 6.07) is 10.8. The minimum atomic E-state index is 0.240. The van der Waals surface area contributed by atoms with Crippen LogP contribution in [-0.4, -0.2) is 50.7 Å². The van der Waals surface area contributed by atoms with E-state index in [4.69, 9.17) is 4.98 Å². The highest BCUT2D eigenvalue weighted by Gasteiger charge is 2.21. The number of piperazine rings is 1. The maximum absolute atomic E-state index is 10.4. The fourth-order valence-corrected chi connectivity index (χ4v) is 3.62. The summed E-state index contributed by atoms with van der Waals surface area (Å²) < 4.78 is 1.89. The summed E-state index contributed by atoms with van der Waals surface area (Å²) in [6.45, 7) is 9.01. The van der Waals surface area contributed by atoms with Crippen LogP contribution in [0.3, 0.4) is 0 Å². The number of rotatable bonds is 5. The molecule has 0 radical (unpaired) electrons. The number of fused-ring (bicyclic) bond motifs is 1. The van der Waals surface area contributed by atoms with Gasteiger partial charge < -0.3 is 14.6 Å². The normalized spacial score (nSPS) is 16.7. The molecule has 1 unspecified atom stereocenters. The summed E-state index contributed by atoms with van der Waals surface area (Å²) in [6.07, 6.45) is 4.65. The van der Waals surface area contributed by atoms with E-state index in [-0.39, 0.29) is 11.9 Å². The molecule has 0 amide bonds. The lowest BCUT2D eigenvalue weighted by atomic mass is 10.2. The van der Waals surface area contributed by atoms with Crippen LogP contribution in [0, 0.1) is 0 Å². The molecule has 0 spiro atoms. The fraction of sp³-hybridized carbons (Fsp3) is 0.429. The molecular formula is C21H27N5O. The van der Waals surface area contributed by atoms with Crippen molar-refractivity contribution in [2.24, 2.45) is 0 Å². The Morgan fingerprint density at radius 1 is 1.11 bits per heavy atom. The van der Waals surface area contributed by atoms with Crippen LogP contribution < -0.4 is 4.90 Å². The lowest BCUT2D eigenvalue weighted by Gasteiger charge is -2.34. The van der Waals surface area contributed by atoms with Gasteiger partial charge in [0.25, 0.3) is 0 Å². The third-order valence-corrected chi connectivity index (χ3v) is 5.52. The van der Waals surface area contributed by atoms with Crippen molar-refractivity contribution < 1.29 is 5.11 Å². The van der Waals surface area contributed by atoms with Crippen LogP contribution in [0.1, 0.15) is 31.9 Å². The Morgan fingerprint density at radius 2 is 1.85 bits per heavy atom. The van der Waals surface area contributed by atoms with E-state index in [9.17, 15) is 5.11 Å². The van der Waals surface area contributed by atoms with E-state index < -0.39 is 0 Å². The molecule has 0 saturated carbocycles. The summed E-state index contributed by atoms with van der Waals surface area (Å²) >= 11 is 0. The molecule has 1 aliphatic rings. The fourth-order valence-electron chi connectivity index (χ4n) is 3.62. The highest BCUT2D eigenvalue weighted by Crippen LogP contribution is 2.30. The molecular weight excluding hydrogens is 338 g/mol. The molecule has 3 heterocycles. The van der Waals surface area contributed by atoms with E-state index in [0.29, 0.717) is 0 Å². The monoisotopic (exact) mass is 365 g/mol. The molecule has 1 fully saturated rings. The van der Waals surface area contributed by atoms with Crippen molar-refractivity contribution in [3.63, 3.8) is 0 Å². The lowest BCUT2D eigenvalue weighted by molar-refractivity contribution is 0.249. The van der Waals surface area contributed by atoms with Gasteiger partial charge in [-0.05, 0) is 18.9 Å². The second-order valence-electron chi connectivity index (χ2n) is 7.33. The van der Waals surface area contributed by atoms with Crippen molar-refractivity contribution in [2.75, 3.05) is 31.1 Å². The molecule has 1 N–H and O–H groups in total. The Hall–Kier alpha value is -2.60. The summed E-state index contributed by atoms with van der Waals surface area (Å²) in [4.78, 5) is 13.9. The molecule has 6 heteroatoms. The second-order valence-corrected chi connectivity index (χ2v) is 7.33. The van der Waals surface area contributed by atoms with Gasteiger partial charge in [-0.1, -0.05) is 37.3 Å².